The molecule has 0 atom stereocenters. The summed E-state index contributed by atoms with van der Waals surface area (Å²) in [5.74, 6) is 0. The number of hydrogen-bond donors (Lipinski definition) is 1. The molecular formula is C13H22N2O3S2. The maximum atomic E-state index is 12.6. The van der Waals surface area contributed by atoms with Crippen molar-refractivity contribution >= 4 is 21.4 Å². The first-order chi connectivity index (χ1) is 9.36. The topological polar surface area (TPSA) is 60.9 Å². The average Bonchev–Trinajstić information content (AvgIpc) is 2.80. The SMILES string of the molecule is Cc1cc(S(=O)(=O)N2CCC(N(C)C)CC2)sc1CO. The molecule has 2 heterocycles. The standard InChI is InChI=1S/C13H22N2O3S2/c1-10-8-13(19-12(10)9-16)20(17,18)15-6-4-11(5-7-15)14(2)3/h8,11,16H,4-7,9H2,1-3H3. The number of rotatable bonds is 4. The van der Waals surface area contributed by atoms with Crippen molar-refractivity contribution in [1.29, 1.82) is 0 Å². The lowest BCUT2D eigenvalue weighted by Crippen LogP contribution is -2.44. The molecule has 1 N–H and O–H groups in total. The number of nitrogens with zero attached hydrogens (tertiary/aromatic N) is 2. The van der Waals surface area contributed by atoms with Crippen molar-refractivity contribution < 1.29 is 13.5 Å². The van der Waals surface area contributed by atoms with Gasteiger partial charge in [-0.2, -0.15) is 4.31 Å². The van der Waals surface area contributed by atoms with Crippen LogP contribution >= 0.6 is 11.3 Å². The molecule has 0 bridgehead atoms. The smallest absolute Gasteiger partial charge is 0.252 e. The first kappa shape index (κ1) is 15.9. The number of aliphatic hydroxyl groups excluding tert-OH is 1. The Labute approximate surface area is 124 Å². The predicted molar refractivity (Wildman–Crippen MR) is 80.4 cm³/mol. The van der Waals surface area contributed by atoms with Crippen LogP contribution in [0.2, 0.25) is 0 Å². The highest BCUT2D eigenvalue weighted by molar-refractivity contribution is 7.91. The van der Waals surface area contributed by atoms with Crippen LogP contribution in [0.25, 0.3) is 0 Å². The summed E-state index contributed by atoms with van der Waals surface area (Å²) in [6.07, 6.45) is 1.73. The molecule has 1 fully saturated rings. The maximum Gasteiger partial charge on any atom is 0.252 e. The summed E-state index contributed by atoms with van der Waals surface area (Å²) in [5.41, 5.74) is 0.847. The Morgan fingerprint density at radius 1 is 1.40 bits per heavy atom. The molecule has 0 radical (unpaired) electrons. The first-order valence-electron chi connectivity index (χ1n) is 6.73. The van der Waals surface area contributed by atoms with Gasteiger partial charge in [0.2, 0.25) is 0 Å². The molecule has 7 heteroatoms. The molecule has 5 nitrogen and oxygen atoms in total. The van der Waals surface area contributed by atoms with Crippen molar-refractivity contribution in [3.8, 4) is 0 Å². The lowest BCUT2D eigenvalue weighted by molar-refractivity contribution is 0.197. The van der Waals surface area contributed by atoms with E-state index in [1.165, 1.54) is 11.3 Å². The van der Waals surface area contributed by atoms with Gasteiger partial charge in [0.25, 0.3) is 10.0 Å². The second kappa shape index (κ2) is 6.11. The molecule has 0 spiro atoms. The minimum atomic E-state index is -3.40. The molecule has 0 saturated carbocycles. The molecule has 1 aliphatic rings. The quantitative estimate of drug-likeness (QED) is 0.908. The molecule has 1 aromatic rings. The predicted octanol–water partition coefficient (Wildman–Crippen LogP) is 1.26. The van der Waals surface area contributed by atoms with E-state index in [1.807, 2.05) is 21.0 Å². The van der Waals surface area contributed by atoms with Gasteiger partial charge in [0, 0.05) is 24.0 Å². The summed E-state index contributed by atoms with van der Waals surface area (Å²) >= 11 is 1.18. The van der Waals surface area contributed by atoms with Gasteiger partial charge < -0.3 is 10.0 Å². The molecule has 20 heavy (non-hydrogen) atoms. The Bertz CT molecular complexity index is 558. The van der Waals surface area contributed by atoms with Gasteiger partial charge in [-0.05, 0) is 45.5 Å². The number of thiophene rings is 1. The van der Waals surface area contributed by atoms with Crippen LogP contribution in [0.1, 0.15) is 23.3 Å². The highest BCUT2D eigenvalue weighted by atomic mass is 32.2. The van der Waals surface area contributed by atoms with Gasteiger partial charge in [-0.3, -0.25) is 0 Å². The van der Waals surface area contributed by atoms with E-state index in [1.54, 1.807) is 10.4 Å². The van der Waals surface area contributed by atoms with Crippen LogP contribution in [-0.4, -0.2) is 56.0 Å². The van der Waals surface area contributed by atoms with E-state index < -0.39 is 10.0 Å². The third-order valence-corrected chi connectivity index (χ3v) is 7.46. The van der Waals surface area contributed by atoms with Crippen molar-refractivity contribution in [1.82, 2.24) is 9.21 Å². The molecule has 1 aliphatic heterocycles. The van der Waals surface area contributed by atoms with Crippen LogP contribution in [0.5, 0.6) is 0 Å². The zero-order valence-electron chi connectivity index (χ0n) is 12.2. The molecule has 0 aromatic carbocycles. The van der Waals surface area contributed by atoms with Crippen molar-refractivity contribution in [3.05, 3.63) is 16.5 Å². The summed E-state index contributed by atoms with van der Waals surface area (Å²) < 4.78 is 27.1. The van der Waals surface area contributed by atoms with E-state index in [4.69, 9.17) is 0 Å². The zero-order valence-corrected chi connectivity index (χ0v) is 13.8. The van der Waals surface area contributed by atoms with Crippen molar-refractivity contribution in [2.75, 3.05) is 27.2 Å². The van der Waals surface area contributed by atoms with Gasteiger partial charge in [0.1, 0.15) is 4.21 Å². The van der Waals surface area contributed by atoms with E-state index in [-0.39, 0.29) is 6.61 Å². The molecule has 0 amide bonds. The Morgan fingerprint density at radius 3 is 2.45 bits per heavy atom. The number of hydrogen-bond acceptors (Lipinski definition) is 5. The Kier molecular flexibility index (Phi) is 4.86. The fraction of sp³-hybridized carbons (Fsp3) is 0.692. The van der Waals surface area contributed by atoms with Gasteiger partial charge in [-0.25, -0.2) is 8.42 Å². The lowest BCUT2D eigenvalue weighted by atomic mass is 10.1. The minimum Gasteiger partial charge on any atom is -0.391 e. The molecule has 0 unspecified atom stereocenters. The molecular weight excluding hydrogens is 296 g/mol. The number of aryl methyl sites for hydroxylation is 1. The summed E-state index contributed by atoms with van der Waals surface area (Å²) in [6.45, 7) is 2.86. The summed E-state index contributed by atoms with van der Waals surface area (Å²) in [7, 11) is 0.665. The van der Waals surface area contributed by atoms with Gasteiger partial charge >= 0.3 is 0 Å². The van der Waals surface area contributed by atoms with Gasteiger partial charge in [-0.15, -0.1) is 11.3 Å². The normalized spacial score (nSPS) is 18.9. The van der Waals surface area contributed by atoms with Crippen LogP contribution in [-0.2, 0) is 16.6 Å². The van der Waals surface area contributed by atoms with Crippen LogP contribution in [0.15, 0.2) is 10.3 Å². The maximum absolute atomic E-state index is 12.6. The van der Waals surface area contributed by atoms with E-state index in [0.29, 0.717) is 23.3 Å². The van der Waals surface area contributed by atoms with Gasteiger partial charge in [0.15, 0.2) is 0 Å². The van der Waals surface area contributed by atoms with Gasteiger partial charge in [0.05, 0.1) is 6.61 Å². The first-order valence-corrected chi connectivity index (χ1v) is 8.98. The number of sulfonamides is 1. The number of aliphatic hydroxyl groups is 1. The second-order valence-electron chi connectivity index (χ2n) is 5.43. The van der Waals surface area contributed by atoms with Crippen molar-refractivity contribution in [3.63, 3.8) is 0 Å². The van der Waals surface area contributed by atoms with Crippen molar-refractivity contribution in [2.45, 2.75) is 36.6 Å². The van der Waals surface area contributed by atoms with E-state index in [2.05, 4.69) is 4.90 Å². The fourth-order valence-electron chi connectivity index (χ4n) is 2.50. The number of piperidine rings is 1. The fourth-order valence-corrected chi connectivity index (χ4v) is 5.57. The second-order valence-corrected chi connectivity index (χ2v) is 8.73. The molecule has 1 saturated heterocycles. The molecule has 114 valence electrons. The largest absolute Gasteiger partial charge is 0.391 e. The highest BCUT2D eigenvalue weighted by Gasteiger charge is 2.31. The Hall–Kier alpha value is -0.470. The van der Waals surface area contributed by atoms with E-state index >= 15 is 0 Å². The van der Waals surface area contributed by atoms with Crippen molar-refractivity contribution in [2.24, 2.45) is 0 Å². The van der Waals surface area contributed by atoms with Crippen LogP contribution in [0, 0.1) is 6.92 Å². The highest BCUT2D eigenvalue weighted by Crippen LogP contribution is 2.30. The summed E-state index contributed by atoms with van der Waals surface area (Å²) in [5, 5.41) is 9.20. The van der Waals surface area contributed by atoms with Crippen LogP contribution in [0.3, 0.4) is 0 Å². The Morgan fingerprint density at radius 2 is 2.00 bits per heavy atom. The van der Waals surface area contributed by atoms with Gasteiger partial charge in [-0.1, -0.05) is 0 Å². The summed E-state index contributed by atoms with van der Waals surface area (Å²) in [6, 6.07) is 2.13. The third-order valence-electron chi connectivity index (χ3n) is 3.89. The zero-order chi connectivity index (χ0) is 14.9. The van der Waals surface area contributed by atoms with Crippen LogP contribution < -0.4 is 0 Å². The monoisotopic (exact) mass is 318 g/mol. The average molecular weight is 318 g/mol. The molecule has 2 rings (SSSR count). The molecule has 0 aliphatic carbocycles. The van der Waals surface area contributed by atoms with E-state index in [0.717, 1.165) is 23.3 Å². The third kappa shape index (κ3) is 3.07. The minimum absolute atomic E-state index is 0.102. The summed E-state index contributed by atoms with van der Waals surface area (Å²) in [4.78, 5) is 2.88. The van der Waals surface area contributed by atoms with E-state index in [9.17, 15) is 13.5 Å². The Balaban J connectivity index is 2.15. The van der Waals surface area contributed by atoms with Crippen LogP contribution in [0.4, 0.5) is 0 Å². The molecule has 1 aromatic heterocycles. The lowest BCUT2D eigenvalue weighted by Gasteiger charge is -2.34.